The highest BCUT2D eigenvalue weighted by atomic mass is 35.5. The highest BCUT2D eigenvalue weighted by Crippen LogP contribution is 2.17. The van der Waals surface area contributed by atoms with Crippen LogP contribution in [0.3, 0.4) is 0 Å². The van der Waals surface area contributed by atoms with Crippen molar-refractivity contribution in [1.82, 2.24) is 5.32 Å². The molecule has 2 rings (SSSR count). The molecule has 0 saturated carbocycles. The molecule has 2 aromatic rings. The van der Waals surface area contributed by atoms with Gasteiger partial charge in [-0.25, -0.2) is 0 Å². The lowest BCUT2D eigenvalue weighted by Gasteiger charge is -2.18. The average Bonchev–Trinajstić information content (AvgIpc) is 2.48. The van der Waals surface area contributed by atoms with Crippen molar-refractivity contribution in [2.75, 3.05) is 0 Å². The largest absolute Gasteiger partial charge is 0.348 e. The monoisotopic (exact) mass is 302 g/mol. The third kappa shape index (κ3) is 4.59. The maximum absolute atomic E-state index is 12.1. The standard InChI is InChI=1S/C17H19ClN2O/c1-12(14-8-5-9-15(18)11-14)20-17(21)16(19)10-13-6-3-2-4-7-13/h2-9,11-12,16H,10,19H2,1H3,(H,20,21)/t12-,16-/m0/s1. The number of benzene rings is 2. The molecule has 1 amide bonds. The van der Waals surface area contributed by atoms with Gasteiger partial charge in [-0.1, -0.05) is 54.1 Å². The van der Waals surface area contributed by atoms with Gasteiger partial charge in [-0.15, -0.1) is 0 Å². The predicted octanol–water partition coefficient (Wildman–Crippen LogP) is 3.09. The second-order valence-electron chi connectivity index (χ2n) is 5.08. The van der Waals surface area contributed by atoms with E-state index in [0.29, 0.717) is 11.4 Å². The zero-order chi connectivity index (χ0) is 15.2. The van der Waals surface area contributed by atoms with Gasteiger partial charge in [0.2, 0.25) is 5.91 Å². The Bertz CT molecular complexity index is 601. The van der Waals surface area contributed by atoms with Gasteiger partial charge in [0, 0.05) is 5.02 Å². The Labute approximate surface area is 130 Å². The van der Waals surface area contributed by atoms with Crippen LogP contribution >= 0.6 is 11.6 Å². The Balaban J connectivity index is 1.94. The maximum atomic E-state index is 12.1. The van der Waals surface area contributed by atoms with E-state index in [9.17, 15) is 4.79 Å². The quantitative estimate of drug-likeness (QED) is 0.892. The molecule has 2 atom stereocenters. The number of amides is 1. The van der Waals surface area contributed by atoms with E-state index in [-0.39, 0.29) is 11.9 Å². The smallest absolute Gasteiger partial charge is 0.237 e. The minimum Gasteiger partial charge on any atom is -0.348 e. The predicted molar refractivity (Wildman–Crippen MR) is 86.1 cm³/mol. The van der Waals surface area contributed by atoms with E-state index in [1.807, 2.05) is 55.5 Å². The van der Waals surface area contributed by atoms with Gasteiger partial charge in [0.1, 0.15) is 0 Å². The van der Waals surface area contributed by atoms with Gasteiger partial charge in [0.25, 0.3) is 0 Å². The summed E-state index contributed by atoms with van der Waals surface area (Å²) in [6.45, 7) is 1.92. The van der Waals surface area contributed by atoms with Gasteiger partial charge in [0.05, 0.1) is 12.1 Å². The molecule has 110 valence electrons. The first-order valence-electron chi connectivity index (χ1n) is 6.91. The lowest BCUT2D eigenvalue weighted by atomic mass is 10.0. The molecule has 0 heterocycles. The number of halogens is 1. The van der Waals surface area contributed by atoms with E-state index < -0.39 is 6.04 Å². The molecule has 4 heteroatoms. The zero-order valence-electron chi connectivity index (χ0n) is 11.9. The molecule has 0 bridgehead atoms. The Morgan fingerprint density at radius 2 is 1.90 bits per heavy atom. The highest BCUT2D eigenvalue weighted by molar-refractivity contribution is 6.30. The molecular weight excluding hydrogens is 284 g/mol. The van der Waals surface area contributed by atoms with Gasteiger partial charge in [-0.05, 0) is 36.6 Å². The van der Waals surface area contributed by atoms with Gasteiger partial charge in [-0.2, -0.15) is 0 Å². The van der Waals surface area contributed by atoms with Crippen molar-refractivity contribution in [3.05, 3.63) is 70.7 Å². The van der Waals surface area contributed by atoms with Crippen molar-refractivity contribution in [3.8, 4) is 0 Å². The number of nitrogens with two attached hydrogens (primary N) is 1. The molecule has 3 nitrogen and oxygen atoms in total. The molecule has 0 aromatic heterocycles. The molecule has 21 heavy (non-hydrogen) atoms. The second kappa shape index (κ2) is 7.25. The van der Waals surface area contributed by atoms with Crippen LogP contribution in [0.4, 0.5) is 0 Å². The lowest BCUT2D eigenvalue weighted by Crippen LogP contribution is -2.42. The molecule has 0 fully saturated rings. The van der Waals surface area contributed by atoms with Crippen molar-refractivity contribution in [2.24, 2.45) is 5.73 Å². The van der Waals surface area contributed by atoms with E-state index in [2.05, 4.69) is 5.32 Å². The van der Waals surface area contributed by atoms with E-state index in [1.54, 1.807) is 6.07 Å². The number of rotatable bonds is 5. The van der Waals surface area contributed by atoms with Crippen LogP contribution in [-0.4, -0.2) is 11.9 Å². The number of carbonyl (C=O) groups excluding carboxylic acids is 1. The average molecular weight is 303 g/mol. The number of carbonyl (C=O) groups is 1. The lowest BCUT2D eigenvalue weighted by molar-refractivity contribution is -0.123. The summed E-state index contributed by atoms with van der Waals surface area (Å²) < 4.78 is 0. The fourth-order valence-corrected chi connectivity index (χ4v) is 2.34. The van der Waals surface area contributed by atoms with E-state index in [4.69, 9.17) is 17.3 Å². The summed E-state index contributed by atoms with van der Waals surface area (Å²) in [6.07, 6.45) is 0.523. The molecule has 0 aliphatic heterocycles. The molecule has 0 saturated heterocycles. The Morgan fingerprint density at radius 1 is 1.19 bits per heavy atom. The van der Waals surface area contributed by atoms with Crippen molar-refractivity contribution in [1.29, 1.82) is 0 Å². The summed E-state index contributed by atoms with van der Waals surface area (Å²) in [7, 11) is 0. The van der Waals surface area contributed by atoms with Crippen LogP contribution < -0.4 is 11.1 Å². The summed E-state index contributed by atoms with van der Waals surface area (Å²) in [5, 5.41) is 3.58. The van der Waals surface area contributed by atoms with Gasteiger partial charge in [-0.3, -0.25) is 4.79 Å². The van der Waals surface area contributed by atoms with Crippen LogP contribution in [0.25, 0.3) is 0 Å². The van der Waals surface area contributed by atoms with Crippen molar-refractivity contribution in [2.45, 2.75) is 25.4 Å². The van der Waals surface area contributed by atoms with Crippen LogP contribution in [0.5, 0.6) is 0 Å². The molecule has 0 aliphatic carbocycles. The molecule has 0 aliphatic rings. The molecular formula is C17H19ClN2O. The van der Waals surface area contributed by atoms with Crippen molar-refractivity contribution < 1.29 is 4.79 Å². The van der Waals surface area contributed by atoms with Gasteiger partial charge < -0.3 is 11.1 Å². The minimum absolute atomic E-state index is 0.127. The first-order chi connectivity index (χ1) is 10.1. The first-order valence-corrected chi connectivity index (χ1v) is 7.29. The summed E-state index contributed by atoms with van der Waals surface area (Å²) >= 11 is 5.96. The fraction of sp³-hybridized carbons (Fsp3) is 0.235. The summed E-state index contributed by atoms with van der Waals surface area (Å²) in [5.41, 5.74) is 7.98. The van der Waals surface area contributed by atoms with E-state index in [1.165, 1.54) is 0 Å². The van der Waals surface area contributed by atoms with Crippen LogP contribution in [0.15, 0.2) is 54.6 Å². The fourth-order valence-electron chi connectivity index (χ4n) is 2.14. The third-order valence-electron chi connectivity index (χ3n) is 3.34. The minimum atomic E-state index is -0.561. The number of hydrogen-bond acceptors (Lipinski definition) is 2. The van der Waals surface area contributed by atoms with Crippen LogP contribution in [0.1, 0.15) is 24.1 Å². The third-order valence-corrected chi connectivity index (χ3v) is 3.58. The Kier molecular flexibility index (Phi) is 5.37. The second-order valence-corrected chi connectivity index (χ2v) is 5.52. The van der Waals surface area contributed by atoms with E-state index >= 15 is 0 Å². The van der Waals surface area contributed by atoms with Crippen LogP contribution in [0.2, 0.25) is 5.02 Å². The first kappa shape index (κ1) is 15.5. The topological polar surface area (TPSA) is 55.1 Å². The zero-order valence-corrected chi connectivity index (χ0v) is 12.7. The van der Waals surface area contributed by atoms with Gasteiger partial charge in [0.15, 0.2) is 0 Å². The summed E-state index contributed by atoms with van der Waals surface area (Å²) in [5.74, 6) is -0.161. The maximum Gasteiger partial charge on any atom is 0.237 e. The van der Waals surface area contributed by atoms with Crippen LogP contribution in [0, 0.1) is 0 Å². The molecule has 3 N–H and O–H groups in total. The molecule has 0 spiro atoms. The SMILES string of the molecule is C[C@H](NC(=O)[C@@H](N)Cc1ccccc1)c1cccc(Cl)c1. The molecule has 2 aromatic carbocycles. The van der Waals surface area contributed by atoms with Gasteiger partial charge >= 0.3 is 0 Å². The summed E-state index contributed by atoms with van der Waals surface area (Å²) in [6, 6.07) is 16.5. The number of hydrogen-bond donors (Lipinski definition) is 2. The Morgan fingerprint density at radius 3 is 2.57 bits per heavy atom. The van der Waals surface area contributed by atoms with E-state index in [0.717, 1.165) is 11.1 Å². The van der Waals surface area contributed by atoms with Crippen molar-refractivity contribution in [3.63, 3.8) is 0 Å². The van der Waals surface area contributed by atoms with Crippen molar-refractivity contribution >= 4 is 17.5 Å². The number of nitrogens with one attached hydrogen (secondary N) is 1. The van der Waals surface area contributed by atoms with Crippen LogP contribution in [-0.2, 0) is 11.2 Å². The normalized spacial score (nSPS) is 13.5. The highest BCUT2D eigenvalue weighted by Gasteiger charge is 2.17. The summed E-state index contributed by atoms with van der Waals surface area (Å²) in [4.78, 5) is 12.1. The molecule has 0 unspecified atom stereocenters. The Hall–Kier alpha value is -1.84. The molecule has 0 radical (unpaired) electrons.